The van der Waals surface area contributed by atoms with Crippen LogP contribution < -0.4 is 4.90 Å². The molecule has 0 saturated carbocycles. The van der Waals surface area contributed by atoms with Crippen molar-refractivity contribution in [2.75, 3.05) is 11.4 Å². The number of hydrogen-bond donors (Lipinski definition) is 0. The van der Waals surface area contributed by atoms with Crippen molar-refractivity contribution in [2.45, 2.75) is 13.0 Å². The van der Waals surface area contributed by atoms with E-state index in [1.165, 1.54) is 40.5 Å². The average Bonchev–Trinajstić information content (AvgIpc) is 3.41. The van der Waals surface area contributed by atoms with Gasteiger partial charge in [-0.15, -0.1) is 11.3 Å². The van der Waals surface area contributed by atoms with E-state index in [1.807, 2.05) is 17.5 Å². The summed E-state index contributed by atoms with van der Waals surface area (Å²) in [6.45, 7) is 0.192. The van der Waals surface area contributed by atoms with E-state index in [2.05, 4.69) is 5.16 Å². The summed E-state index contributed by atoms with van der Waals surface area (Å²) in [6.07, 6.45) is 0.0650. The molecule has 8 heteroatoms. The molecule has 1 atom stereocenters. The zero-order chi connectivity index (χ0) is 18.8. The van der Waals surface area contributed by atoms with Crippen molar-refractivity contribution < 1.29 is 23.2 Å². The van der Waals surface area contributed by atoms with Gasteiger partial charge in [-0.2, -0.15) is 0 Å². The number of benzene rings is 1. The largest absolute Gasteiger partial charge is 0.459 e. The highest BCUT2D eigenvalue weighted by Crippen LogP contribution is 2.27. The lowest BCUT2D eigenvalue weighted by Gasteiger charge is -2.16. The number of amides is 1. The van der Waals surface area contributed by atoms with Gasteiger partial charge in [-0.1, -0.05) is 11.2 Å². The third kappa shape index (κ3) is 3.75. The van der Waals surface area contributed by atoms with Crippen LogP contribution in [0.2, 0.25) is 0 Å². The normalized spacial score (nSPS) is 16.7. The van der Waals surface area contributed by atoms with Gasteiger partial charge < -0.3 is 14.2 Å². The minimum Gasteiger partial charge on any atom is -0.459 e. The maximum atomic E-state index is 13.0. The summed E-state index contributed by atoms with van der Waals surface area (Å²) in [4.78, 5) is 26.9. The van der Waals surface area contributed by atoms with E-state index >= 15 is 0 Å². The number of carbonyl (C=O) groups is 2. The van der Waals surface area contributed by atoms with Crippen LogP contribution >= 0.6 is 11.3 Å². The van der Waals surface area contributed by atoms with Crippen LogP contribution in [0, 0.1) is 11.7 Å². The first kappa shape index (κ1) is 17.4. The number of hydrogen-bond acceptors (Lipinski definition) is 6. The average molecular weight is 386 g/mol. The highest BCUT2D eigenvalue weighted by atomic mass is 32.1. The Morgan fingerprint density at radius 3 is 2.89 bits per heavy atom. The Morgan fingerprint density at radius 1 is 1.33 bits per heavy atom. The summed E-state index contributed by atoms with van der Waals surface area (Å²) >= 11 is 1.53. The molecule has 0 bridgehead atoms. The van der Waals surface area contributed by atoms with Gasteiger partial charge in [-0.25, -0.2) is 4.39 Å². The predicted molar refractivity (Wildman–Crippen MR) is 96.5 cm³/mol. The first-order chi connectivity index (χ1) is 13.1. The summed E-state index contributed by atoms with van der Waals surface area (Å²) in [6, 6.07) is 11.1. The number of aromatic nitrogens is 1. The summed E-state index contributed by atoms with van der Waals surface area (Å²) in [5.41, 5.74) is 1.07. The van der Waals surface area contributed by atoms with Crippen LogP contribution in [-0.2, 0) is 20.9 Å². The van der Waals surface area contributed by atoms with Crippen molar-refractivity contribution in [1.29, 1.82) is 0 Å². The van der Waals surface area contributed by atoms with Crippen LogP contribution in [0.25, 0.3) is 10.6 Å². The van der Waals surface area contributed by atoms with Gasteiger partial charge in [0.25, 0.3) is 0 Å². The Morgan fingerprint density at radius 2 is 2.15 bits per heavy atom. The van der Waals surface area contributed by atoms with Crippen LogP contribution in [0.4, 0.5) is 10.1 Å². The number of rotatable bonds is 5. The van der Waals surface area contributed by atoms with Gasteiger partial charge in [0, 0.05) is 24.7 Å². The quantitative estimate of drug-likeness (QED) is 0.626. The molecule has 1 aliphatic rings. The lowest BCUT2D eigenvalue weighted by Crippen LogP contribution is -2.26. The van der Waals surface area contributed by atoms with E-state index in [-0.39, 0.29) is 31.3 Å². The number of esters is 1. The second-order valence-electron chi connectivity index (χ2n) is 6.15. The number of nitrogens with zero attached hydrogens (tertiary/aromatic N) is 2. The fraction of sp³-hybridized carbons (Fsp3) is 0.211. The van der Waals surface area contributed by atoms with Crippen LogP contribution in [0.1, 0.15) is 12.1 Å². The van der Waals surface area contributed by atoms with Gasteiger partial charge in [0.05, 0.1) is 10.8 Å². The SMILES string of the molecule is O=C(OCc1cc(-c2cccs2)on1)[C@H]1CC(=O)N(c2ccc(F)cc2)C1. The molecule has 0 aliphatic carbocycles. The molecule has 1 aliphatic heterocycles. The number of halogens is 1. The molecule has 3 heterocycles. The summed E-state index contributed by atoms with van der Waals surface area (Å²) < 4.78 is 23.6. The van der Waals surface area contributed by atoms with Crippen molar-refractivity contribution in [1.82, 2.24) is 5.16 Å². The molecule has 0 radical (unpaired) electrons. The van der Waals surface area contributed by atoms with Crippen molar-refractivity contribution >= 4 is 28.9 Å². The molecule has 1 amide bonds. The Labute approximate surface area is 158 Å². The van der Waals surface area contributed by atoms with Crippen LogP contribution in [0.3, 0.4) is 0 Å². The Kier molecular flexibility index (Phi) is 4.72. The van der Waals surface area contributed by atoms with Gasteiger partial charge in [0.15, 0.2) is 5.76 Å². The van der Waals surface area contributed by atoms with E-state index in [1.54, 1.807) is 6.07 Å². The molecule has 27 heavy (non-hydrogen) atoms. The monoisotopic (exact) mass is 386 g/mol. The first-order valence-electron chi connectivity index (χ1n) is 8.32. The van der Waals surface area contributed by atoms with Crippen molar-refractivity contribution in [2.24, 2.45) is 5.92 Å². The smallest absolute Gasteiger partial charge is 0.311 e. The number of carbonyl (C=O) groups excluding carboxylic acids is 2. The maximum absolute atomic E-state index is 13.0. The summed E-state index contributed by atoms with van der Waals surface area (Å²) in [5.74, 6) is -0.977. The zero-order valence-electron chi connectivity index (χ0n) is 14.1. The number of anilines is 1. The van der Waals surface area contributed by atoms with E-state index in [9.17, 15) is 14.0 Å². The molecule has 0 N–H and O–H groups in total. The third-order valence-corrected chi connectivity index (χ3v) is 5.17. The van der Waals surface area contributed by atoms with Gasteiger partial charge in [-0.05, 0) is 35.7 Å². The predicted octanol–water partition coefficient (Wildman–Crippen LogP) is 3.64. The fourth-order valence-corrected chi connectivity index (χ4v) is 3.59. The molecule has 0 spiro atoms. The maximum Gasteiger partial charge on any atom is 0.311 e. The molecule has 138 valence electrons. The molecule has 6 nitrogen and oxygen atoms in total. The van der Waals surface area contributed by atoms with Crippen LogP contribution in [-0.4, -0.2) is 23.6 Å². The second-order valence-corrected chi connectivity index (χ2v) is 7.10. The molecule has 1 saturated heterocycles. The highest BCUT2D eigenvalue weighted by Gasteiger charge is 2.36. The molecule has 1 fully saturated rings. The Bertz CT molecular complexity index is 953. The van der Waals surface area contributed by atoms with Crippen LogP contribution in [0.5, 0.6) is 0 Å². The summed E-state index contributed by atoms with van der Waals surface area (Å²) in [5, 5.41) is 5.83. The molecule has 3 aromatic rings. The standard InChI is InChI=1S/C19H15FN2O4S/c20-13-3-5-15(6-4-13)22-10-12(8-18(22)23)19(24)25-11-14-9-16(26-21-14)17-2-1-7-27-17/h1-7,9,12H,8,10-11H2/t12-/m0/s1. The van der Waals surface area contributed by atoms with Gasteiger partial charge in [0.2, 0.25) is 5.91 Å². The third-order valence-electron chi connectivity index (χ3n) is 4.28. The van der Waals surface area contributed by atoms with E-state index in [0.29, 0.717) is 17.1 Å². The van der Waals surface area contributed by atoms with Gasteiger partial charge in [-0.3, -0.25) is 9.59 Å². The van der Waals surface area contributed by atoms with Crippen molar-refractivity contribution in [3.63, 3.8) is 0 Å². The lowest BCUT2D eigenvalue weighted by atomic mass is 10.1. The molecule has 2 aromatic heterocycles. The van der Waals surface area contributed by atoms with Crippen molar-refractivity contribution in [3.8, 4) is 10.6 Å². The number of ether oxygens (including phenoxy) is 1. The minimum absolute atomic E-state index is 0.0189. The van der Waals surface area contributed by atoms with Crippen molar-refractivity contribution in [3.05, 3.63) is 59.4 Å². The van der Waals surface area contributed by atoms with E-state index in [4.69, 9.17) is 9.26 Å². The molecular formula is C19H15FN2O4S. The first-order valence-corrected chi connectivity index (χ1v) is 9.20. The van der Waals surface area contributed by atoms with E-state index < -0.39 is 11.9 Å². The van der Waals surface area contributed by atoms with Gasteiger partial charge >= 0.3 is 5.97 Å². The highest BCUT2D eigenvalue weighted by molar-refractivity contribution is 7.13. The molecule has 0 unspecified atom stereocenters. The minimum atomic E-state index is -0.564. The van der Waals surface area contributed by atoms with Crippen LogP contribution in [0.15, 0.2) is 52.4 Å². The summed E-state index contributed by atoms with van der Waals surface area (Å²) in [7, 11) is 0. The molecule has 1 aromatic carbocycles. The van der Waals surface area contributed by atoms with Gasteiger partial charge in [0.1, 0.15) is 18.1 Å². The zero-order valence-corrected chi connectivity index (χ0v) is 14.9. The molecule has 4 rings (SSSR count). The second kappa shape index (κ2) is 7.32. The number of thiophene rings is 1. The fourth-order valence-electron chi connectivity index (χ4n) is 2.91. The Balaban J connectivity index is 1.35. The van der Waals surface area contributed by atoms with E-state index in [0.717, 1.165) is 4.88 Å². The lowest BCUT2D eigenvalue weighted by molar-refractivity contribution is -0.149. The molecular weight excluding hydrogens is 371 g/mol. The Hall–Kier alpha value is -3.00. The topological polar surface area (TPSA) is 72.6 Å².